The maximum absolute atomic E-state index is 11.4. The molecule has 1 aromatic carbocycles. The van der Waals surface area contributed by atoms with E-state index in [1.165, 1.54) is 5.56 Å². The Labute approximate surface area is 105 Å². The average molecular weight is 285 g/mol. The highest BCUT2D eigenvalue weighted by molar-refractivity contribution is 9.08. The summed E-state index contributed by atoms with van der Waals surface area (Å²) in [5.41, 5.74) is 2.22. The van der Waals surface area contributed by atoms with Crippen molar-refractivity contribution >= 4 is 21.9 Å². The van der Waals surface area contributed by atoms with E-state index in [4.69, 9.17) is 4.74 Å². The van der Waals surface area contributed by atoms with Crippen molar-refractivity contribution in [3.8, 4) is 0 Å². The molecule has 0 N–H and O–H groups in total. The van der Waals surface area contributed by atoms with Crippen molar-refractivity contribution in [3.63, 3.8) is 0 Å². The molecular formula is C13H17BrO2. The van der Waals surface area contributed by atoms with Gasteiger partial charge < -0.3 is 4.74 Å². The Hall–Kier alpha value is -0.830. The summed E-state index contributed by atoms with van der Waals surface area (Å²) >= 11 is 3.38. The third-order valence-corrected chi connectivity index (χ3v) is 2.93. The fourth-order valence-corrected chi connectivity index (χ4v) is 1.67. The Morgan fingerprint density at radius 3 is 2.44 bits per heavy atom. The molecule has 0 aliphatic rings. The van der Waals surface area contributed by atoms with Crippen LogP contribution in [-0.4, -0.2) is 12.6 Å². The van der Waals surface area contributed by atoms with Crippen molar-refractivity contribution in [2.75, 3.05) is 6.61 Å². The van der Waals surface area contributed by atoms with Crippen LogP contribution in [0.3, 0.4) is 0 Å². The van der Waals surface area contributed by atoms with E-state index in [1.807, 2.05) is 24.3 Å². The number of halogens is 1. The molecule has 1 rings (SSSR count). The number of esters is 1. The van der Waals surface area contributed by atoms with E-state index >= 15 is 0 Å². The van der Waals surface area contributed by atoms with Gasteiger partial charge in [-0.3, -0.25) is 4.79 Å². The molecule has 0 bridgehead atoms. The SMILES string of the molecule is CCCCOC(=O)Cc1ccc(CBr)cc1. The molecule has 0 spiro atoms. The van der Waals surface area contributed by atoms with Crippen LogP contribution >= 0.6 is 15.9 Å². The number of rotatable bonds is 6. The van der Waals surface area contributed by atoms with E-state index in [9.17, 15) is 4.79 Å². The molecule has 0 fully saturated rings. The van der Waals surface area contributed by atoms with Crippen LogP contribution in [0.25, 0.3) is 0 Å². The Morgan fingerprint density at radius 1 is 1.25 bits per heavy atom. The lowest BCUT2D eigenvalue weighted by Gasteiger charge is -2.04. The summed E-state index contributed by atoms with van der Waals surface area (Å²) < 4.78 is 5.09. The first kappa shape index (κ1) is 13.2. The number of hydrogen-bond acceptors (Lipinski definition) is 2. The van der Waals surface area contributed by atoms with Crippen LogP contribution in [0.4, 0.5) is 0 Å². The van der Waals surface area contributed by atoms with Gasteiger partial charge in [0.2, 0.25) is 0 Å². The van der Waals surface area contributed by atoms with Crippen molar-refractivity contribution in [1.82, 2.24) is 0 Å². The van der Waals surface area contributed by atoms with Gasteiger partial charge in [0.15, 0.2) is 0 Å². The summed E-state index contributed by atoms with van der Waals surface area (Å²) in [6, 6.07) is 7.97. The highest BCUT2D eigenvalue weighted by Gasteiger charge is 2.04. The van der Waals surface area contributed by atoms with E-state index in [0.717, 1.165) is 23.7 Å². The molecule has 3 heteroatoms. The van der Waals surface area contributed by atoms with Gasteiger partial charge in [0.1, 0.15) is 0 Å². The minimum atomic E-state index is -0.139. The minimum Gasteiger partial charge on any atom is -0.465 e. The van der Waals surface area contributed by atoms with Crippen LogP contribution < -0.4 is 0 Å². The maximum Gasteiger partial charge on any atom is 0.310 e. The molecule has 2 nitrogen and oxygen atoms in total. The van der Waals surface area contributed by atoms with Gasteiger partial charge >= 0.3 is 5.97 Å². The van der Waals surface area contributed by atoms with Crippen molar-refractivity contribution < 1.29 is 9.53 Å². The fraction of sp³-hybridized carbons (Fsp3) is 0.462. The average Bonchev–Trinajstić information content (AvgIpc) is 2.30. The first-order chi connectivity index (χ1) is 7.76. The quantitative estimate of drug-likeness (QED) is 0.454. The summed E-state index contributed by atoms with van der Waals surface area (Å²) in [7, 11) is 0. The van der Waals surface area contributed by atoms with E-state index in [-0.39, 0.29) is 5.97 Å². The van der Waals surface area contributed by atoms with Gasteiger partial charge in [-0.2, -0.15) is 0 Å². The molecule has 1 aromatic rings. The van der Waals surface area contributed by atoms with Crippen molar-refractivity contribution in [1.29, 1.82) is 0 Å². The van der Waals surface area contributed by atoms with Gasteiger partial charge in [0.05, 0.1) is 13.0 Å². The minimum absolute atomic E-state index is 0.139. The molecule has 0 atom stereocenters. The van der Waals surface area contributed by atoms with Gasteiger partial charge in [0, 0.05) is 5.33 Å². The first-order valence-electron chi connectivity index (χ1n) is 5.55. The number of hydrogen-bond donors (Lipinski definition) is 0. The summed E-state index contributed by atoms with van der Waals surface area (Å²) in [5.74, 6) is -0.139. The van der Waals surface area contributed by atoms with E-state index in [2.05, 4.69) is 22.9 Å². The van der Waals surface area contributed by atoms with Crippen LogP contribution in [-0.2, 0) is 21.3 Å². The maximum atomic E-state index is 11.4. The Balaban J connectivity index is 2.37. The normalized spacial score (nSPS) is 10.1. The molecule has 0 radical (unpaired) electrons. The first-order valence-corrected chi connectivity index (χ1v) is 6.67. The molecule has 16 heavy (non-hydrogen) atoms. The zero-order valence-corrected chi connectivity index (χ0v) is 11.1. The Kier molecular flexibility index (Phi) is 6.16. The summed E-state index contributed by atoms with van der Waals surface area (Å²) in [6.07, 6.45) is 2.35. The van der Waals surface area contributed by atoms with Crippen LogP contribution in [0, 0.1) is 0 Å². The van der Waals surface area contributed by atoms with Gasteiger partial charge in [0.25, 0.3) is 0 Å². The lowest BCUT2D eigenvalue weighted by Crippen LogP contribution is -2.08. The smallest absolute Gasteiger partial charge is 0.310 e. The van der Waals surface area contributed by atoms with Gasteiger partial charge in [-0.05, 0) is 17.5 Å². The van der Waals surface area contributed by atoms with Crippen LogP contribution in [0.5, 0.6) is 0 Å². The molecule has 0 heterocycles. The van der Waals surface area contributed by atoms with Crippen LogP contribution in [0.2, 0.25) is 0 Å². The number of unbranched alkanes of at least 4 members (excludes halogenated alkanes) is 1. The van der Waals surface area contributed by atoms with E-state index in [0.29, 0.717) is 13.0 Å². The molecule has 0 saturated carbocycles. The van der Waals surface area contributed by atoms with Gasteiger partial charge in [-0.1, -0.05) is 53.5 Å². The Bertz CT molecular complexity index is 319. The van der Waals surface area contributed by atoms with Gasteiger partial charge in [-0.25, -0.2) is 0 Å². The predicted molar refractivity (Wildman–Crippen MR) is 68.6 cm³/mol. The second-order valence-electron chi connectivity index (χ2n) is 3.70. The van der Waals surface area contributed by atoms with Crippen LogP contribution in [0.15, 0.2) is 24.3 Å². The molecule has 0 unspecified atom stereocenters. The second kappa shape index (κ2) is 7.44. The molecule has 0 aliphatic carbocycles. The van der Waals surface area contributed by atoms with Crippen molar-refractivity contribution in [3.05, 3.63) is 35.4 Å². The predicted octanol–water partition coefficient (Wildman–Crippen LogP) is 3.47. The highest BCUT2D eigenvalue weighted by Crippen LogP contribution is 2.09. The Morgan fingerprint density at radius 2 is 1.88 bits per heavy atom. The van der Waals surface area contributed by atoms with E-state index < -0.39 is 0 Å². The van der Waals surface area contributed by atoms with E-state index in [1.54, 1.807) is 0 Å². The molecule has 0 saturated heterocycles. The topological polar surface area (TPSA) is 26.3 Å². The molecule has 0 amide bonds. The summed E-state index contributed by atoms with van der Waals surface area (Å²) in [5, 5.41) is 0.841. The zero-order chi connectivity index (χ0) is 11.8. The van der Waals surface area contributed by atoms with Crippen molar-refractivity contribution in [2.45, 2.75) is 31.5 Å². The highest BCUT2D eigenvalue weighted by atomic mass is 79.9. The number of carbonyl (C=O) groups excluding carboxylic acids is 1. The third kappa shape index (κ3) is 4.79. The third-order valence-electron chi connectivity index (χ3n) is 2.29. The molecule has 0 aromatic heterocycles. The largest absolute Gasteiger partial charge is 0.465 e. The monoisotopic (exact) mass is 284 g/mol. The molecule has 0 aliphatic heterocycles. The summed E-state index contributed by atoms with van der Waals surface area (Å²) in [6.45, 7) is 2.61. The standard InChI is InChI=1S/C13H17BrO2/c1-2-3-8-16-13(15)9-11-4-6-12(10-14)7-5-11/h4-7H,2-3,8-10H2,1H3. The lowest BCUT2D eigenvalue weighted by atomic mass is 10.1. The number of ether oxygens (including phenoxy) is 1. The fourth-order valence-electron chi connectivity index (χ4n) is 1.29. The lowest BCUT2D eigenvalue weighted by molar-refractivity contribution is -0.142. The zero-order valence-electron chi connectivity index (χ0n) is 9.54. The number of alkyl halides is 1. The van der Waals surface area contributed by atoms with Crippen molar-refractivity contribution in [2.24, 2.45) is 0 Å². The van der Waals surface area contributed by atoms with Crippen LogP contribution in [0.1, 0.15) is 30.9 Å². The van der Waals surface area contributed by atoms with Gasteiger partial charge in [-0.15, -0.1) is 0 Å². The number of carbonyl (C=O) groups is 1. The molecule has 88 valence electrons. The number of benzene rings is 1. The molecular weight excluding hydrogens is 268 g/mol. The summed E-state index contributed by atoms with van der Waals surface area (Å²) in [4.78, 5) is 11.4. The second-order valence-corrected chi connectivity index (χ2v) is 4.26.